The number of nitrogens with zero attached hydrogens (tertiary/aromatic N) is 2. The van der Waals surface area contributed by atoms with Gasteiger partial charge in [0.05, 0.1) is 24.4 Å². The molecule has 4 atom stereocenters. The van der Waals surface area contributed by atoms with Crippen molar-refractivity contribution in [3.63, 3.8) is 0 Å². The maximum Gasteiger partial charge on any atom is 0.232 e. The third-order valence-corrected chi connectivity index (χ3v) is 5.88. The molecule has 1 aromatic carbocycles. The van der Waals surface area contributed by atoms with E-state index in [9.17, 15) is 34.0 Å². The fourth-order valence-electron chi connectivity index (χ4n) is 4.01. The first kappa shape index (κ1) is 26.6. The topological polar surface area (TPSA) is 104 Å². The van der Waals surface area contributed by atoms with Crippen LogP contribution in [-0.4, -0.2) is 81.8 Å². The van der Waals surface area contributed by atoms with Gasteiger partial charge in [-0.25, -0.2) is 8.78 Å². The Hall–Kier alpha value is -1.65. The molecule has 1 saturated heterocycles. The quantitative estimate of drug-likeness (QED) is 0.420. The van der Waals surface area contributed by atoms with E-state index >= 15 is 0 Å². The van der Waals surface area contributed by atoms with Crippen LogP contribution < -0.4 is 4.90 Å². The number of aliphatic hydroxyl groups is 4. The molecular weight excluding hydrogens is 422 g/mol. The van der Waals surface area contributed by atoms with Crippen LogP contribution in [0.3, 0.4) is 0 Å². The van der Waals surface area contributed by atoms with Crippen LogP contribution in [0.1, 0.15) is 46.5 Å². The number of piperidine rings is 1. The molecular formula is C23H36F2N2O5. The van der Waals surface area contributed by atoms with Crippen molar-refractivity contribution in [3.05, 3.63) is 29.8 Å². The number of aliphatic hydroxyl groups excluding tert-OH is 4. The van der Waals surface area contributed by atoms with Crippen molar-refractivity contribution in [2.75, 3.05) is 31.1 Å². The average molecular weight is 459 g/mol. The fraction of sp³-hybridized carbons (Fsp3) is 0.696. The van der Waals surface area contributed by atoms with Gasteiger partial charge in [0.15, 0.2) is 0 Å². The minimum atomic E-state index is -1.28. The first-order valence-electron chi connectivity index (χ1n) is 11.1. The van der Waals surface area contributed by atoms with Gasteiger partial charge in [-0.05, 0) is 31.5 Å². The first-order chi connectivity index (χ1) is 15.0. The van der Waals surface area contributed by atoms with Crippen LogP contribution in [0.4, 0.5) is 14.5 Å². The maximum absolute atomic E-state index is 14.3. The van der Waals surface area contributed by atoms with E-state index < -0.39 is 41.4 Å². The van der Waals surface area contributed by atoms with Crippen molar-refractivity contribution < 1.29 is 34.0 Å². The molecule has 1 heterocycles. The van der Waals surface area contributed by atoms with E-state index in [2.05, 4.69) is 0 Å². The van der Waals surface area contributed by atoms with Crippen molar-refractivity contribution in [2.24, 2.45) is 5.41 Å². The monoisotopic (exact) mass is 458 g/mol. The minimum absolute atomic E-state index is 0.0620. The number of benzene rings is 1. The largest absolute Gasteiger partial charge is 0.395 e. The Morgan fingerprint density at radius 1 is 1.09 bits per heavy atom. The Labute approximate surface area is 188 Å². The smallest absolute Gasteiger partial charge is 0.232 e. The number of β-amino-alcohol motifs (C(OH)–C–C–N with tert-alkyl or cyclic N) is 1. The zero-order chi connectivity index (χ0) is 24.1. The summed E-state index contributed by atoms with van der Waals surface area (Å²) in [5, 5.41) is 39.2. The minimum Gasteiger partial charge on any atom is -0.395 e. The number of carbonyl (C=O) groups is 1. The lowest BCUT2D eigenvalue weighted by atomic mass is 9.93. The molecule has 4 N–H and O–H groups in total. The zero-order valence-corrected chi connectivity index (χ0v) is 19.0. The Morgan fingerprint density at radius 3 is 2.34 bits per heavy atom. The summed E-state index contributed by atoms with van der Waals surface area (Å²) in [6.07, 6.45) is -0.686. The normalized spacial score (nSPS) is 24.5. The van der Waals surface area contributed by atoms with E-state index in [0.29, 0.717) is 19.5 Å². The van der Waals surface area contributed by atoms with E-state index in [-0.39, 0.29) is 24.7 Å². The number of carbonyl (C=O) groups excluding carboxylic acids is 1. The molecule has 1 unspecified atom stereocenters. The lowest BCUT2D eigenvalue weighted by Crippen LogP contribution is -2.62. The maximum atomic E-state index is 14.3. The van der Waals surface area contributed by atoms with Crippen LogP contribution >= 0.6 is 0 Å². The van der Waals surface area contributed by atoms with Crippen molar-refractivity contribution in [1.82, 2.24) is 4.90 Å². The molecule has 0 spiro atoms. The van der Waals surface area contributed by atoms with E-state index in [4.69, 9.17) is 0 Å². The molecule has 0 aliphatic carbocycles. The number of hydrogen-bond acceptors (Lipinski definition) is 6. The van der Waals surface area contributed by atoms with Crippen molar-refractivity contribution in [1.29, 1.82) is 0 Å². The molecule has 9 heteroatoms. The van der Waals surface area contributed by atoms with Gasteiger partial charge >= 0.3 is 0 Å². The molecule has 0 bridgehead atoms. The summed E-state index contributed by atoms with van der Waals surface area (Å²) in [6.45, 7) is 5.92. The van der Waals surface area contributed by atoms with Crippen LogP contribution in [0, 0.1) is 17.0 Å². The van der Waals surface area contributed by atoms with Gasteiger partial charge in [0.25, 0.3) is 0 Å². The molecule has 32 heavy (non-hydrogen) atoms. The molecule has 2 rings (SSSR count). The summed E-state index contributed by atoms with van der Waals surface area (Å²) in [5.41, 5.74) is -0.660. The third-order valence-electron chi connectivity index (χ3n) is 5.88. The van der Waals surface area contributed by atoms with Crippen LogP contribution in [0.15, 0.2) is 18.2 Å². The number of amides is 1. The molecule has 0 radical (unpaired) electrons. The molecule has 1 amide bonds. The summed E-state index contributed by atoms with van der Waals surface area (Å²) < 4.78 is 27.6. The van der Waals surface area contributed by atoms with E-state index in [1.165, 1.54) is 11.0 Å². The van der Waals surface area contributed by atoms with Gasteiger partial charge in [0.1, 0.15) is 23.8 Å². The van der Waals surface area contributed by atoms with Crippen LogP contribution in [-0.2, 0) is 4.79 Å². The Balaban J connectivity index is 1.88. The van der Waals surface area contributed by atoms with Gasteiger partial charge in [-0.15, -0.1) is 0 Å². The highest BCUT2D eigenvalue weighted by atomic mass is 19.1. The van der Waals surface area contributed by atoms with Gasteiger partial charge in [0.2, 0.25) is 5.91 Å². The SMILES string of the molecule is CC(C)(C)C(=O)N(CCCCCCN1C[C@H](O)C(O)[C@H](O)[C@H]1CO)c1ccc(F)cc1F. The fourth-order valence-corrected chi connectivity index (χ4v) is 4.01. The summed E-state index contributed by atoms with van der Waals surface area (Å²) in [4.78, 5) is 16.0. The third kappa shape index (κ3) is 6.68. The van der Waals surface area contributed by atoms with Crippen LogP contribution in [0.25, 0.3) is 0 Å². The number of halogens is 2. The number of unbranched alkanes of at least 4 members (excludes halogenated alkanes) is 3. The second kappa shape index (κ2) is 11.5. The summed E-state index contributed by atoms with van der Waals surface area (Å²) in [6, 6.07) is 2.56. The summed E-state index contributed by atoms with van der Waals surface area (Å²) in [7, 11) is 0. The molecule has 0 saturated carbocycles. The van der Waals surface area contributed by atoms with Crippen molar-refractivity contribution in [3.8, 4) is 0 Å². The highest BCUT2D eigenvalue weighted by Crippen LogP contribution is 2.27. The highest BCUT2D eigenvalue weighted by Gasteiger charge is 2.40. The van der Waals surface area contributed by atoms with E-state index in [0.717, 1.165) is 31.4 Å². The second-order valence-corrected chi connectivity index (χ2v) is 9.51. The number of likely N-dealkylation sites (tertiary alicyclic amines) is 1. The Kier molecular flexibility index (Phi) is 9.53. The van der Waals surface area contributed by atoms with Gasteiger partial charge in [-0.2, -0.15) is 0 Å². The molecule has 0 aromatic heterocycles. The predicted molar refractivity (Wildman–Crippen MR) is 117 cm³/mol. The Bertz CT molecular complexity index is 758. The van der Waals surface area contributed by atoms with E-state index in [1.807, 2.05) is 0 Å². The lowest BCUT2D eigenvalue weighted by molar-refractivity contribution is -0.145. The van der Waals surface area contributed by atoms with Crippen molar-refractivity contribution in [2.45, 2.75) is 70.8 Å². The lowest BCUT2D eigenvalue weighted by Gasteiger charge is -2.43. The van der Waals surface area contributed by atoms with Crippen molar-refractivity contribution >= 4 is 11.6 Å². The zero-order valence-electron chi connectivity index (χ0n) is 19.0. The van der Waals surface area contributed by atoms with Crippen LogP contribution in [0.2, 0.25) is 0 Å². The standard InChI is InChI=1S/C23H36F2N2O5/c1-23(2,3)22(32)27(17-9-8-15(24)12-16(17)25)11-7-5-4-6-10-26-13-19(29)21(31)20(30)18(26)14-28/h8-9,12,18-21,28-31H,4-7,10-11,13-14H2,1-3H3/t18-,19+,20-,21?/m1/s1. The number of hydrogen-bond donors (Lipinski definition) is 4. The van der Waals surface area contributed by atoms with E-state index in [1.54, 1.807) is 25.7 Å². The summed E-state index contributed by atoms with van der Waals surface area (Å²) in [5.74, 6) is -1.72. The second-order valence-electron chi connectivity index (χ2n) is 9.51. The van der Waals surface area contributed by atoms with Gasteiger partial charge in [0, 0.05) is 24.6 Å². The predicted octanol–water partition coefficient (Wildman–Crippen LogP) is 1.66. The molecule has 1 aliphatic heterocycles. The number of anilines is 1. The van der Waals surface area contributed by atoms with Gasteiger partial charge in [-0.3, -0.25) is 9.69 Å². The molecule has 7 nitrogen and oxygen atoms in total. The molecule has 1 aromatic rings. The highest BCUT2D eigenvalue weighted by molar-refractivity contribution is 5.97. The number of rotatable bonds is 9. The molecule has 1 aliphatic rings. The first-order valence-corrected chi connectivity index (χ1v) is 11.1. The Morgan fingerprint density at radius 2 is 1.75 bits per heavy atom. The average Bonchev–Trinajstić information content (AvgIpc) is 2.71. The summed E-state index contributed by atoms with van der Waals surface area (Å²) >= 11 is 0. The molecule has 1 fully saturated rings. The van der Waals surface area contributed by atoms with Gasteiger partial charge < -0.3 is 25.3 Å². The molecule has 182 valence electrons. The van der Waals surface area contributed by atoms with Crippen LogP contribution in [0.5, 0.6) is 0 Å². The van der Waals surface area contributed by atoms with Gasteiger partial charge in [-0.1, -0.05) is 33.6 Å².